The Morgan fingerprint density at radius 3 is 2.61 bits per heavy atom. The van der Waals surface area contributed by atoms with Crippen molar-refractivity contribution in [2.45, 2.75) is 26.3 Å². The lowest BCUT2D eigenvalue weighted by Crippen LogP contribution is -2.41. The molecule has 0 aliphatic carbocycles. The van der Waals surface area contributed by atoms with Crippen LogP contribution in [0, 0.1) is 6.92 Å². The van der Waals surface area contributed by atoms with Gasteiger partial charge in [-0.25, -0.2) is 15.0 Å². The van der Waals surface area contributed by atoms with E-state index in [1.807, 2.05) is 64.2 Å². The zero-order valence-corrected chi connectivity index (χ0v) is 17.7. The van der Waals surface area contributed by atoms with Crippen molar-refractivity contribution in [1.82, 2.24) is 30.0 Å². The third kappa shape index (κ3) is 4.30. The number of amides is 1. The van der Waals surface area contributed by atoms with Crippen molar-refractivity contribution in [2.24, 2.45) is 7.05 Å². The molecule has 3 aromatic heterocycles. The normalized spacial score (nSPS) is 11.4. The van der Waals surface area contributed by atoms with E-state index in [4.69, 9.17) is 4.42 Å². The molecule has 1 aromatic carbocycles. The summed E-state index contributed by atoms with van der Waals surface area (Å²) in [7, 11) is 1.82. The van der Waals surface area contributed by atoms with Crippen molar-refractivity contribution in [3.63, 3.8) is 0 Å². The summed E-state index contributed by atoms with van der Waals surface area (Å²) >= 11 is 0. The molecule has 4 aromatic rings. The maximum absolute atomic E-state index is 12.8. The lowest BCUT2D eigenvalue weighted by Gasteiger charge is -2.26. The first-order valence-electron chi connectivity index (χ1n) is 9.76. The third-order valence-electron chi connectivity index (χ3n) is 4.90. The van der Waals surface area contributed by atoms with Gasteiger partial charge in [0.25, 0.3) is 5.89 Å². The first-order chi connectivity index (χ1) is 14.8. The van der Waals surface area contributed by atoms with Crippen LogP contribution in [0.1, 0.15) is 35.7 Å². The Morgan fingerprint density at radius 1 is 1.13 bits per heavy atom. The van der Waals surface area contributed by atoms with Crippen LogP contribution >= 0.6 is 0 Å². The zero-order chi connectivity index (χ0) is 22.0. The predicted octanol–water partition coefficient (Wildman–Crippen LogP) is 3.58. The van der Waals surface area contributed by atoms with Crippen molar-refractivity contribution in [3.8, 4) is 11.4 Å². The fourth-order valence-electron chi connectivity index (χ4n) is 3.12. The van der Waals surface area contributed by atoms with Gasteiger partial charge in [-0.15, -0.1) is 0 Å². The van der Waals surface area contributed by atoms with Crippen LogP contribution in [0.25, 0.3) is 11.4 Å². The number of aryl methyl sites for hydroxylation is 2. The Hall–Kier alpha value is -4.01. The number of hydrogen-bond acceptors (Lipinski definition) is 7. The SMILES string of the molecule is Cc1cnc(Nc2ccnn2C)nc1-c1coc(C(=O)NC(C)(C)c2ccccc2)n1. The minimum absolute atomic E-state index is 0.0295. The third-order valence-corrected chi connectivity index (χ3v) is 4.90. The highest BCUT2D eigenvalue weighted by atomic mass is 16.4. The Balaban J connectivity index is 1.55. The number of anilines is 2. The Labute approximate surface area is 179 Å². The molecule has 3 heterocycles. The van der Waals surface area contributed by atoms with Crippen molar-refractivity contribution >= 4 is 17.7 Å². The van der Waals surface area contributed by atoms with E-state index in [9.17, 15) is 4.79 Å². The van der Waals surface area contributed by atoms with Gasteiger partial charge < -0.3 is 15.1 Å². The number of aromatic nitrogens is 5. The van der Waals surface area contributed by atoms with Gasteiger partial charge in [0.05, 0.1) is 11.7 Å². The molecule has 0 spiro atoms. The number of benzene rings is 1. The van der Waals surface area contributed by atoms with E-state index in [1.54, 1.807) is 17.1 Å². The van der Waals surface area contributed by atoms with Crippen LogP contribution in [0.2, 0.25) is 0 Å². The molecule has 1 amide bonds. The van der Waals surface area contributed by atoms with Gasteiger partial charge in [-0.1, -0.05) is 30.3 Å². The van der Waals surface area contributed by atoms with Crippen LogP contribution in [0.4, 0.5) is 11.8 Å². The molecule has 31 heavy (non-hydrogen) atoms. The van der Waals surface area contributed by atoms with Gasteiger partial charge in [-0.3, -0.25) is 9.48 Å². The Morgan fingerprint density at radius 2 is 1.90 bits per heavy atom. The second-order valence-electron chi connectivity index (χ2n) is 7.67. The summed E-state index contributed by atoms with van der Waals surface area (Å²) in [5, 5.41) is 10.2. The summed E-state index contributed by atoms with van der Waals surface area (Å²) in [5.41, 5.74) is 2.23. The maximum Gasteiger partial charge on any atom is 0.307 e. The largest absolute Gasteiger partial charge is 0.440 e. The highest BCUT2D eigenvalue weighted by Gasteiger charge is 2.26. The summed E-state index contributed by atoms with van der Waals surface area (Å²) in [6, 6.07) is 11.5. The van der Waals surface area contributed by atoms with E-state index in [1.165, 1.54) is 6.26 Å². The van der Waals surface area contributed by atoms with Gasteiger partial charge in [0, 0.05) is 19.3 Å². The molecule has 9 nitrogen and oxygen atoms in total. The van der Waals surface area contributed by atoms with Crippen molar-refractivity contribution in [2.75, 3.05) is 5.32 Å². The predicted molar refractivity (Wildman–Crippen MR) is 116 cm³/mol. The monoisotopic (exact) mass is 417 g/mol. The number of rotatable bonds is 6. The molecule has 0 aliphatic rings. The molecule has 0 saturated carbocycles. The summed E-state index contributed by atoms with van der Waals surface area (Å²) in [5.74, 6) is 0.708. The maximum atomic E-state index is 12.8. The molecule has 158 valence electrons. The fraction of sp³-hybridized carbons (Fsp3) is 0.227. The molecule has 0 aliphatic heterocycles. The minimum atomic E-state index is -0.585. The number of carbonyl (C=O) groups excluding carboxylic acids is 1. The first kappa shape index (κ1) is 20.3. The van der Waals surface area contributed by atoms with Crippen LogP contribution in [-0.4, -0.2) is 30.6 Å². The van der Waals surface area contributed by atoms with Crippen molar-refractivity contribution < 1.29 is 9.21 Å². The van der Waals surface area contributed by atoms with Gasteiger partial charge in [0.1, 0.15) is 23.5 Å². The van der Waals surface area contributed by atoms with Crippen molar-refractivity contribution in [1.29, 1.82) is 0 Å². The molecular weight excluding hydrogens is 394 g/mol. The quantitative estimate of drug-likeness (QED) is 0.493. The van der Waals surface area contributed by atoms with Crippen LogP contribution < -0.4 is 10.6 Å². The Kier molecular flexibility index (Phi) is 5.24. The zero-order valence-electron chi connectivity index (χ0n) is 17.7. The minimum Gasteiger partial charge on any atom is -0.440 e. The molecule has 0 saturated heterocycles. The van der Waals surface area contributed by atoms with Gasteiger partial charge in [-0.05, 0) is 31.9 Å². The average molecular weight is 417 g/mol. The topological polar surface area (TPSA) is 111 Å². The molecular formula is C22H23N7O2. The van der Waals surface area contributed by atoms with Gasteiger partial charge in [0.2, 0.25) is 5.95 Å². The summed E-state index contributed by atoms with van der Waals surface area (Å²) in [6.07, 6.45) is 4.79. The molecule has 0 atom stereocenters. The molecule has 2 N–H and O–H groups in total. The van der Waals surface area contributed by atoms with E-state index >= 15 is 0 Å². The number of nitrogens with one attached hydrogen (secondary N) is 2. The molecule has 0 unspecified atom stereocenters. The van der Waals surface area contributed by atoms with E-state index in [2.05, 4.69) is 30.7 Å². The van der Waals surface area contributed by atoms with Crippen LogP contribution in [0.3, 0.4) is 0 Å². The Bertz CT molecular complexity index is 1210. The van der Waals surface area contributed by atoms with Gasteiger partial charge in [-0.2, -0.15) is 5.10 Å². The summed E-state index contributed by atoms with van der Waals surface area (Å²) < 4.78 is 7.14. The fourth-order valence-corrected chi connectivity index (χ4v) is 3.12. The summed E-state index contributed by atoms with van der Waals surface area (Å²) in [6.45, 7) is 5.72. The van der Waals surface area contributed by atoms with E-state index < -0.39 is 11.4 Å². The molecule has 4 rings (SSSR count). The van der Waals surface area contributed by atoms with E-state index in [0.29, 0.717) is 17.3 Å². The summed E-state index contributed by atoms with van der Waals surface area (Å²) in [4.78, 5) is 26.0. The molecule has 0 bridgehead atoms. The number of oxazole rings is 1. The highest BCUT2D eigenvalue weighted by molar-refractivity contribution is 5.90. The van der Waals surface area contributed by atoms with Crippen LogP contribution in [-0.2, 0) is 12.6 Å². The molecule has 0 radical (unpaired) electrons. The smallest absolute Gasteiger partial charge is 0.307 e. The number of hydrogen-bond donors (Lipinski definition) is 2. The average Bonchev–Trinajstić information content (AvgIpc) is 3.39. The molecule has 0 fully saturated rings. The van der Waals surface area contributed by atoms with Crippen LogP contribution in [0.5, 0.6) is 0 Å². The van der Waals surface area contributed by atoms with Gasteiger partial charge >= 0.3 is 5.91 Å². The highest BCUT2D eigenvalue weighted by Crippen LogP contribution is 2.24. The first-order valence-corrected chi connectivity index (χ1v) is 9.76. The van der Waals surface area contributed by atoms with Crippen LogP contribution in [0.15, 0.2) is 59.5 Å². The number of nitrogens with zero attached hydrogens (tertiary/aromatic N) is 5. The van der Waals surface area contributed by atoms with Crippen molar-refractivity contribution in [3.05, 3.63) is 72.1 Å². The second-order valence-corrected chi connectivity index (χ2v) is 7.67. The lowest BCUT2D eigenvalue weighted by atomic mass is 9.94. The number of carbonyl (C=O) groups is 1. The molecule has 9 heteroatoms. The van der Waals surface area contributed by atoms with E-state index in [0.717, 1.165) is 16.9 Å². The lowest BCUT2D eigenvalue weighted by molar-refractivity contribution is 0.0876. The standard InChI is InChI=1S/C22H23N7O2/c1-14-12-23-21(26-17-10-11-24-29(17)4)27-18(14)16-13-31-20(25-16)19(30)28-22(2,3)15-8-6-5-7-9-15/h5-13H,1-4H3,(H,28,30)(H,23,26,27). The van der Waals surface area contributed by atoms with Gasteiger partial charge in [0.15, 0.2) is 0 Å². The van der Waals surface area contributed by atoms with E-state index in [-0.39, 0.29) is 5.89 Å². The second kappa shape index (κ2) is 8.02.